The largest absolute Gasteiger partial charge is 0.290 e. The lowest BCUT2D eigenvalue weighted by atomic mass is 9.91. The SMILES string of the molecule is CC1C=CC(=O)/C(=C/c2ccccc2)C1. The van der Waals surface area contributed by atoms with Crippen molar-refractivity contribution in [2.75, 3.05) is 0 Å². The Morgan fingerprint density at radius 1 is 1.27 bits per heavy atom. The predicted octanol–water partition coefficient (Wildman–Crippen LogP) is 3.24. The second-order valence-electron chi connectivity index (χ2n) is 3.99. The number of rotatable bonds is 1. The Labute approximate surface area is 90.1 Å². The van der Waals surface area contributed by atoms with Crippen molar-refractivity contribution in [2.45, 2.75) is 13.3 Å². The van der Waals surface area contributed by atoms with Crippen LogP contribution in [0.2, 0.25) is 0 Å². The molecule has 1 aliphatic rings. The van der Waals surface area contributed by atoms with Crippen LogP contribution in [0, 0.1) is 5.92 Å². The Morgan fingerprint density at radius 3 is 2.73 bits per heavy atom. The lowest BCUT2D eigenvalue weighted by molar-refractivity contribution is -0.111. The molecule has 1 aromatic rings. The summed E-state index contributed by atoms with van der Waals surface area (Å²) in [6, 6.07) is 9.98. The lowest BCUT2D eigenvalue weighted by Crippen LogP contribution is -2.08. The number of allylic oxidation sites excluding steroid dienone is 3. The van der Waals surface area contributed by atoms with Crippen molar-refractivity contribution < 1.29 is 4.79 Å². The Bertz CT molecular complexity index is 412. The molecule has 0 N–H and O–H groups in total. The predicted molar refractivity (Wildman–Crippen MR) is 62.3 cm³/mol. The summed E-state index contributed by atoms with van der Waals surface area (Å²) in [6.45, 7) is 2.13. The van der Waals surface area contributed by atoms with E-state index in [1.165, 1.54) is 0 Å². The maximum Gasteiger partial charge on any atom is 0.181 e. The number of hydrogen-bond acceptors (Lipinski definition) is 1. The molecule has 1 heteroatoms. The fourth-order valence-corrected chi connectivity index (χ4v) is 1.75. The van der Waals surface area contributed by atoms with Crippen LogP contribution in [0.1, 0.15) is 18.9 Å². The highest BCUT2D eigenvalue weighted by Gasteiger charge is 2.14. The van der Waals surface area contributed by atoms with Gasteiger partial charge in [-0.05, 0) is 30.1 Å². The number of carbonyl (C=O) groups is 1. The van der Waals surface area contributed by atoms with Crippen molar-refractivity contribution in [3.8, 4) is 0 Å². The first-order valence-corrected chi connectivity index (χ1v) is 5.24. The van der Waals surface area contributed by atoms with E-state index in [0.29, 0.717) is 5.92 Å². The van der Waals surface area contributed by atoms with Crippen molar-refractivity contribution in [2.24, 2.45) is 5.92 Å². The first kappa shape index (κ1) is 9.91. The maximum absolute atomic E-state index is 11.6. The molecule has 0 radical (unpaired) electrons. The number of carbonyl (C=O) groups excluding carboxylic acids is 1. The van der Waals surface area contributed by atoms with Gasteiger partial charge in [0, 0.05) is 5.57 Å². The number of benzene rings is 1. The van der Waals surface area contributed by atoms with Gasteiger partial charge >= 0.3 is 0 Å². The van der Waals surface area contributed by atoms with Gasteiger partial charge in [0.05, 0.1) is 0 Å². The van der Waals surface area contributed by atoms with E-state index in [1.54, 1.807) is 6.08 Å². The zero-order valence-electron chi connectivity index (χ0n) is 8.81. The van der Waals surface area contributed by atoms with E-state index in [1.807, 2.05) is 42.5 Å². The van der Waals surface area contributed by atoms with Gasteiger partial charge in [0.2, 0.25) is 0 Å². The molecule has 0 saturated heterocycles. The first-order valence-electron chi connectivity index (χ1n) is 5.24. The molecule has 0 heterocycles. The van der Waals surface area contributed by atoms with Gasteiger partial charge in [0.1, 0.15) is 0 Å². The summed E-state index contributed by atoms with van der Waals surface area (Å²) in [5.41, 5.74) is 2.01. The summed E-state index contributed by atoms with van der Waals surface area (Å²) < 4.78 is 0. The summed E-state index contributed by atoms with van der Waals surface area (Å²) in [4.78, 5) is 11.6. The van der Waals surface area contributed by atoms with Gasteiger partial charge < -0.3 is 0 Å². The van der Waals surface area contributed by atoms with Gasteiger partial charge in [-0.25, -0.2) is 0 Å². The first-order chi connectivity index (χ1) is 7.25. The molecular formula is C14H14O. The second kappa shape index (κ2) is 4.26. The monoisotopic (exact) mass is 198 g/mol. The lowest BCUT2D eigenvalue weighted by Gasteiger charge is -2.13. The summed E-state index contributed by atoms with van der Waals surface area (Å²) in [6.07, 6.45) is 6.50. The normalized spacial score (nSPS) is 23.4. The standard InChI is InChI=1S/C14H14O/c1-11-7-8-14(15)13(9-11)10-12-5-3-2-4-6-12/h2-8,10-11H,9H2,1H3/b13-10+. The molecule has 0 amide bonds. The van der Waals surface area contributed by atoms with Crippen LogP contribution in [-0.4, -0.2) is 5.78 Å². The molecule has 1 aliphatic carbocycles. The topological polar surface area (TPSA) is 17.1 Å². The van der Waals surface area contributed by atoms with Crippen molar-refractivity contribution in [3.63, 3.8) is 0 Å². The van der Waals surface area contributed by atoms with Gasteiger partial charge in [0.15, 0.2) is 5.78 Å². The Hall–Kier alpha value is -1.63. The van der Waals surface area contributed by atoms with Crippen LogP contribution in [-0.2, 0) is 4.79 Å². The third-order valence-electron chi connectivity index (χ3n) is 2.57. The van der Waals surface area contributed by atoms with Crippen molar-refractivity contribution in [1.29, 1.82) is 0 Å². The van der Waals surface area contributed by atoms with Crippen molar-refractivity contribution in [1.82, 2.24) is 0 Å². The number of ketones is 1. The maximum atomic E-state index is 11.6. The quantitative estimate of drug-likeness (QED) is 0.633. The minimum absolute atomic E-state index is 0.150. The average Bonchev–Trinajstić information content (AvgIpc) is 2.25. The summed E-state index contributed by atoms with van der Waals surface area (Å²) in [5, 5.41) is 0. The van der Waals surface area contributed by atoms with Crippen LogP contribution in [0.4, 0.5) is 0 Å². The van der Waals surface area contributed by atoms with E-state index in [-0.39, 0.29) is 5.78 Å². The molecule has 0 saturated carbocycles. The molecule has 15 heavy (non-hydrogen) atoms. The van der Waals surface area contributed by atoms with E-state index in [2.05, 4.69) is 6.92 Å². The van der Waals surface area contributed by atoms with Crippen LogP contribution in [0.25, 0.3) is 6.08 Å². The fraction of sp³-hybridized carbons (Fsp3) is 0.214. The molecule has 1 aromatic carbocycles. The molecular weight excluding hydrogens is 184 g/mol. The minimum Gasteiger partial charge on any atom is -0.290 e. The molecule has 76 valence electrons. The zero-order valence-corrected chi connectivity index (χ0v) is 8.81. The van der Waals surface area contributed by atoms with Crippen molar-refractivity contribution in [3.05, 3.63) is 53.6 Å². The minimum atomic E-state index is 0.150. The third kappa shape index (κ3) is 2.44. The molecule has 2 rings (SSSR count). The molecule has 1 unspecified atom stereocenters. The van der Waals surface area contributed by atoms with E-state index in [4.69, 9.17) is 0 Å². The molecule has 0 aliphatic heterocycles. The fourth-order valence-electron chi connectivity index (χ4n) is 1.75. The highest BCUT2D eigenvalue weighted by atomic mass is 16.1. The molecule has 0 spiro atoms. The summed E-state index contributed by atoms with van der Waals surface area (Å²) >= 11 is 0. The smallest absolute Gasteiger partial charge is 0.181 e. The van der Waals surface area contributed by atoms with Crippen LogP contribution in [0.3, 0.4) is 0 Å². The van der Waals surface area contributed by atoms with Crippen molar-refractivity contribution >= 4 is 11.9 Å². The summed E-state index contributed by atoms with van der Waals surface area (Å²) in [5.74, 6) is 0.620. The van der Waals surface area contributed by atoms with Gasteiger partial charge in [-0.15, -0.1) is 0 Å². The van der Waals surface area contributed by atoms with Gasteiger partial charge in [-0.1, -0.05) is 43.3 Å². The molecule has 1 nitrogen and oxygen atoms in total. The highest BCUT2D eigenvalue weighted by molar-refractivity contribution is 6.07. The Morgan fingerprint density at radius 2 is 2.00 bits per heavy atom. The molecule has 1 atom stereocenters. The molecule has 0 fully saturated rings. The van der Waals surface area contributed by atoms with Gasteiger partial charge in [-0.3, -0.25) is 4.79 Å². The van der Waals surface area contributed by atoms with Crippen LogP contribution >= 0.6 is 0 Å². The van der Waals surface area contributed by atoms with Gasteiger partial charge in [-0.2, -0.15) is 0 Å². The highest BCUT2D eigenvalue weighted by Crippen LogP contribution is 2.21. The Kier molecular flexibility index (Phi) is 2.82. The third-order valence-corrected chi connectivity index (χ3v) is 2.57. The Balaban J connectivity index is 2.28. The second-order valence-corrected chi connectivity index (χ2v) is 3.99. The van der Waals surface area contributed by atoms with Crippen LogP contribution < -0.4 is 0 Å². The van der Waals surface area contributed by atoms with Crippen LogP contribution in [0.15, 0.2) is 48.1 Å². The molecule has 0 aromatic heterocycles. The van der Waals surface area contributed by atoms with Gasteiger partial charge in [0.25, 0.3) is 0 Å². The van der Waals surface area contributed by atoms with E-state index in [9.17, 15) is 4.79 Å². The molecule has 0 bridgehead atoms. The zero-order chi connectivity index (χ0) is 10.7. The van der Waals surface area contributed by atoms with Crippen LogP contribution in [0.5, 0.6) is 0 Å². The average molecular weight is 198 g/mol. The summed E-state index contributed by atoms with van der Waals surface area (Å²) in [7, 11) is 0. The van der Waals surface area contributed by atoms with E-state index in [0.717, 1.165) is 17.6 Å². The number of hydrogen-bond donors (Lipinski definition) is 0. The van der Waals surface area contributed by atoms with E-state index < -0.39 is 0 Å². The van der Waals surface area contributed by atoms with E-state index >= 15 is 0 Å².